The molecule has 0 aromatic heterocycles. The Hall–Kier alpha value is -2.60. The van der Waals surface area contributed by atoms with Gasteiger partial charge in [-0.15, -0.1) is 11.8 Å². The van der Waals surface area contributed by atoms with Crippen LogP contribution in [-0.2, 0) is 4.79 Å². The average Bonchev–Trinajstić information content (AvgIpc) is 2.82. The minimum absolute atomic E-state index is 0.0577. The van der Waals surface area contributed by atoms with Crippen LogP contribution < -0.4 is 4.90 Å². The van der Waals surface area contributed by atoms with Gasteiger partial charge in [-0.2, -0.15) is 0 Å². The molecule has 2 aromatic carbocycles. The molecule has 2 heterocycles. The van der Waals surface area contributed by atoms with Crippen LogP contribution in [0.2, 0.25) is 0 Å². The monoisotopic (exact) mass is 380 g/mol. The zero-order valence-corrected chi connectivity index (χ0v) is 15.9. The van der Waals surface area contributed by atoms with Crippen LogP contribution in [0.3, 0.4) is 0 Å². The van der Waals surface area contributed by atoms with E-state index in [-0.39, 0.29) is 30.7 Å². The van der Waals surface area contributed by atoms with Crippen molar-refractivity contribution in [1.29, 1.82) is 0 Å². The van der Waals surface area contributed by atoms with E-state index in [4.69, 9.17) is 0 Å². The van der Waals surface area contributed by atoms with Crippen LogP contribution in [0.5, 0.6) is 0 Å². The quantitative estimate of drug-likeness (QED) is 0.765. The Morgan fingerprint density at radius 2 is 1.85 bits per heavy atom. The maximum absolute atomic E-state index is 12.9. The molecule has 0 spiro atoms. The molecule has 0 aliphatic carbocycles. The second-order valence-corrected chi connectivity index (χ2v) is 7.91. The van der Waals surface area contributed by atoms with E-state index in [0.717, 1.165) is 28.3 Å². The van der Waals surface area contributed by atoms with Crippen molar-refractivity contribution in [2.45, 2.75) is 24.7 Å². The maximum Gasteiger partial charge on any atom is 0.261 e. The standard InChI is InChI=1S/C21H20N2O3S/c1-14-7-8-15-16(13-14)21(26)23(20(15)25)11-9-19(24)22-10-4-12-27-18-6-3-2-5-17(18)22/h2-3,5-8,13H,4,9-12H2,1H3. The van der Waals surface area contributed by atoms with Crippen LogP contribution in [0, 0.1) is 6.92 Å². The van der Waals surface area contributed by atoms with Crippen molar-refractivity contribution in [1.82, 2.24) is 4.90 Å². The number of thioether (sulfide) groups is 1. The van der Waals surface area contributed by atoms with Crippen LogP contribution in [0.4, 0.5) is 5.69 Å². The van der Waals surface area contributed by atoms with Gasteiger partial charge in [0, 0.05) is 24.4 Å². The van der Waals surface area contributed by atoms with Gasteiger partial charge in [0.25, 0.3) is 11.8 Å². The molecule has 0 bridgehead atoms. The fourth-order valence-corrected chi connectivity index (χ4v) is 4.53. The second-order valence-electron chi connectivity index (χ2n) is 6.78. The van der Waals surface area contributed by atoms with E-state index < -0.39 is 0 Å². The van der Waals surface area contributed by atoms with E-state index >= 15 is 0 Å². The van der Waals surface area contributed by atoms with Crippen molar-refractivity contribution in [3.8, 4) is 0 Å². The Bertz CT molecular complexity index is 941. The first kappa shape index (κ1) is 17.8. The maximum atomic E-state index is 12.9. The molecule has 0 unspecified atom stereocenters. The number of imide groups is 1. The van der Waals surface area contributed by atoms with Crippen molar-refractivity contribution in [3.63, 3.8) is 0 Å². The van der Waals surface area contributed by atoms with Crippen LogP contribution >= 0.6 is 11.8 Å². The Morgan fingerprint density at radius 3 is 2.70 bits per heavy atom. The highest BCUT2D eigenvalue weighted by Crippen LogP contribution is 2.34. The van der Waals surface area contributed by atoms with Gasteiger partial charge in [0.05, 0.1) is 16.8 Å². The molecule has 2 aromatic rings. The Labute approximate surface area is 162 Å². The van der Waals surface area contributed by atoms with Gasteiger partial charge >= 0.3 is 0 Å². The number of fused-ring (bicyclic) bond motifs is 2. The summed E-state index contributed by atoms with van der Waals surface area (Å²) in [5.41, 5.74) is 2.72. The number of benzene rings is 2. The lowest BCUT2D eigenvalue weighted by molar-refractivity contribution is -0.118. The van der Waals surface area contributed by atoms with Gasteiger partial charge in [-0.25, -0.2) is 0 Å². The molecular formula is C21H20N2O3S. The molecule has 27 heavy (non-hydrogen) atoms. The zero-order chi connectivity index (χ0) is 19.0. The molecule has 0 atom stereocenters. The van der Waals surface area contributed by atoms with E-state index in [1.165, 1.54) is 4.90 Å². The van der Waals surface area contributed by atoms with Crippen LogP contribution in [-0.4, -0.2) is 41.5 Å². The SMILES string of the molecule is Cc1ccc2c(c1)C(=O)N(CCC(=O)N1CCCSc3ccccc31)C2=O. The molecule has 4 rings (SSSR count). The molecule has 0 radical (unpaired) electrons. The van der Waals surface area contributed by atoms with Crippen molar-refractivity contribution in [3.05, 3.63) is 59.2 Å². The largest absolute Gasteiger partial charge is 0.311 e. The molecule has 0 saturated heterocycles. The lowest BCUT2D eigenvalue weighted by Crippen LogP contribution is -2.37. The first-order valence-corrected chi connectivity index (χ1v) is 10.0. The predicted octanol–water partition coefficient (Wildman–Crippen LogP) is 3.51. The summed E-state index contributed by atoms with van der Waals surface area (Å²) in [5, 5.41) is 0. The summed E-state index contributed by atoms with van der Waals surface area (Å²) < 4.78 is 0. The molecule has 0 N–H and O–H groups in total. The third-order valence-electron chi connectivity index (χ3n) is 4.92. The molecule has 0 fully saturated rings. The minimum atomic E-state index is -0.311. The number of para-hydroxylation sites is 1. The van der Waals surface area contributed by atoms with Crippen molar-refractivity contribution < 1.29 is 14.4 Å². The molecule has 0 saturated carbocycles. The van der Waals surface area contributed by atoms with Crippen LogP contribution in [0.25, 0.3) is 0 Å². The van der Waals surface area contributed by atoms with Crippen LogP contribution in [0.15, 0.2) is 47.4 Å². The first-order valence-electron chi connectivity index (χ1n) is 9.05. The Morgan fingerprint density at radius 1 is 1.07 bits per heavy atom. The number of nitrogens with zero attached hydrogens (tertiary/aromatic N) is 2. The lowest BCUT2D eigenvalue weighted by Gasteiger charge is -2.23. The van der Waals surface area contributed by atoms with Gasteiger partial charge in [0.1, 0.15) is 0 Å². The van der Waals surface area contributed by atoms with E-state index in [2.05, 4.69) is 0 Å². The summed E-state index contributed by atoms with van der Waals surface area (Å²) >= 11 is 1.76. The van der Waals surface area contributed by atoms with Crippen molar-refractivity contribution in [2.75, 3.05) is 23.7 Å². The first-order chi connectivity index (χ1) is 13.1. The Balaban J connectivity index is 1.49. The number of anilines is 1. The number of amides is 3. The van der Waals surface area contributed by atoms with Crippen molar-refractivity contribution >= 4 is 35.2 Å². The summed E-state index contributed by atoms with van der Waals surface area (Å²) in [6, 6.07) is 13.1. The van der Waals surface area contributed by atoms with E-state index in [9.17, 15) is 14.4 Å². The number of carbonyl (C=O) groups excluding carboxylic acids is 3. The molecule has 5 nitrogen and oxygen atoms in total. The highest BCUT2D eigenvalue weighted by atomic mass is 32.2. The fraction of sp³-hybridized carbons (Fsp3) is 0.286. The zero-order valence-electron chi connectivity index (χ0n) is 15.1. The van der Waals surface area contributed by atoms with Gasteiger partial charge in [0.2, 0.25) is 5.91 Å². The summed E-state index contributed by atoms with van der Waals surface area (Å²) in [6.07, 6.45) is 1.04. The third-order valence-corrected chi connectivity index (χ3v) is 6.07. The number of hydrogen-bond acceptors (Lipinski definition) is 4. The third kappa shape index (κ3) is 3.25. The molecule has 6 heteroatoms. The average molecular weight is 380 g/mol. The summed E-state index contributed by atoms with van der Waals surface area (Å²) in [4.78, 5) is 42.1. The minimum Gasteiger partial charge on any atom is -0.311 e. The van der Waals surface area contributed by atoms with Crippen LogP contribution in [0.1, 0.15) is 39.1 Å². The van der Waals surface area contributed by atoms with Gasteiger partial charge in [-0.1, -0.05) is 23.8 Å². The number of carbonyl (C=O) groups is 3. The lowest BCUT2D eigenvalue weighted by atomic mass is 10.1. The normalized spacial score (nSPS) is 16.2. The van der Waals surface area contributed by atoms with E-state index in [1.807, 2.05) is 37.3 Å². The summed E-state index contributed by atoms with van der Waals surface area (Å²) in [5.74, 6) is 0.295. The Kier molecular flexibility index (Phi) is 4.74. The molecule has 2 aliphatic heterocycles. The molecular weight excluding hydrogens is 360 g/mol. The second kappa shape index (κ2) is 7.19. The highest BCUT2D eigenvalue weighted by molar-refractivity contribution is 7.99. The van der Waals surface area contributed by atoms with Gasteiger partial charge < -0.3 is 4.90 Å². The number of hydrogen-bond donors (Lipinski definition) is 0. The highest BCUT2D eigenvalue weighted by Gasteiger charge is 2.35. The molecule has 2 aliphatic rings. The molecule has 3 amide bonds. The van der Waals surface area contributed by atoms with Gasteiger partial charge in [0.15, 0.2) is 0 Å². The summed E-state index contributed by atoms with van der Waals surface area (Å²) in [6.45, 7) is 2.65. The topological polar surface area (TPSA) is 57.7 Å². The summed E-state index contributed by atoms with van der Waals surface area (Å²) in [7, 11) is 0. The predicted molar refractivity (Wildman–Crippen MR) is 105 cm³/mol. The number of aryl methyl sites for hydroxylation is 1. The van der Waals surface area contributed by atoms with E-state index in [0.29, 0.717) is 17.7 Å². The van der Waals surface area contributed by atoms with Gasteiger partial charge in [-0.05, 0) is 43.4 Å². The number of rotatable bonds is 3. The van der Waals surface area contributed by atoms with Crippen molar-refractivity contribution in [2.24, 2.45) is 0 Å². The fourth-order valence-electron chi connectivity index (χ4n) is 3.54. The van der Waals surface area contributed by atoms with E-state index in [1.54, 1.807) is 28.8 Å². The van der Waals surface area contributed by atoms with Gasteiger partial charge in [-0.3, -0.25) is 19.3 Å². The molecule has 138 valence electrons. The smallest absolute Gasteiger partial charge is 0.261 e.